The van der Waals surface area contributed by atoms with Crippen molar-refractivity contribution >= 4 is 50.8 Å². The van der Waals surface area contributed by atoms with Gasteiger partial charge in [0.15, 0.2) is 5.78 Å². The number of aromatic nitrogens is 3. The Kier molecular flexibility index (Phi) is 5.15. The van der Waals surface area contributed by atoms with Crippen LogP contribution in [0.15, 0.2) is 36.4 Å². The van der Waals surface area contributed by atoms with Crippen LogP contribution in [-0.2, 0) is 13.1 Å². The van der Waals surface area contributed by atoms with E-state index in [1.165, 1.54) is 6.92 Å². The van der Waals surface area contributed by atoms with Gasteiger partial charge in [0.1, 0.15) is 0 Å². The fraction of sp³-hybridized carbons (Fsp3) is 0.273. The Balaban J connectivity index is 1.72. The zero-order valence-electron chi connectivity index (χ0n) is 16.4. The molecule has 1 N–H and O–H groups in total. The molecule has 0 aliphatic carbocycles. The molecule has 2 heterocycles. The van der Waals surface area contributed by atoms with Crippen molar-refractivity contribution in [2.24, 2.45) is 0 Å². The average Bonchev–Trinajstić information content (AvgIpc) is 3.08. The molecule has 5 nitrogen and oxygen atoms in total. The van der Waals surface area contributed by atoms with Crippen LogP contribution in [0.3, 0.4) is 0 Å². The van der Waals surface area contributed by atoms with Crippen LogP contribution in [0.2, 0.25) is 10.0 Å². The van der Waals surface area contributed by atoms with E-state index in [1.807, 2.05) is 50.2 Å². The normalized spacial score (nSPS) is 12.8. The second-order valence-electron chi connectivity index (χ2n) is 7.37. The van der Waals surface area contributed by atoms with E-state index in [0.717, 1.165) is 27.5 Å². The van der Waals surface area contributed by atoms with Crippen molar-refractivity contribution in [3.05, 3.63) is 63.4 Å². The third-order valence-corrected chi connectivity index (χ3v) is 5.77. The number of benzene rings is 2. The molecule has 2 aromatic heterocycles. The standard InChI is InChI=1S/C22H21Cl2N3O2/c1-12-22(14(3)28)13(2)27(25-12)11-17(29)10-26-20-6-4-15(23)8-18(20)19-9-16(24)5-7-21(19)26/h4-9,17,29H,10-11H2,1-3H3/t17-/m1/s1. The third-order valence-electron chi connectivity index (χ3n) is 5.30. The van der Waals surface area contributed by atoms with Gasteiger partial charge in [0.05, 0.1) is 30.5 Å². The van der Waals surface area contributed by atoms with Gasteiger partial charge < -0.3 is 9.67 Å². The summed E-state index contributed by atoms with van der Waals surface area (Å²) in [5.41, 5.74) is 4.03. The molecule has 4 rings (SSSR count). The van der Waals surface area contributed by atoms with Crippen molar-refractivity contribution in [1.29, 1.82) is 0 Å². The summed E-state index contributed by atoms with van der Waals surface area (Å²) in [6, 6.07) is 11.4. The lowest BCUT2D eigenvalue weighted by molar-refractivity contribution is 0.101. The average molecular weight is 430 g/mol. The van der Waals surface area contributed by atoms with Gasteiger partial charge in [-0.15, -0.1) is 0 Å². The molecule has 0 amide bonds. The molecule has 0 aliphatic rings. The number of ketones is 1. The SMILES string of the molecule is CC(=O)c1c(C)nn(C[C@H](O)Cn2c3ccc(Cl)cc3c3cc(Cl)ccc32)c1C. The predicted molar refractivity (Wildman–Crippen MR) is 117 cm³/mol. The maximum atomic E-state index is 11.8. The second-order valence-corrected chi connectivity index (χ2v) is 8.24. The number of fused-ring (bicyclic) bond motifs is 3. The van der Waals surface area contributed by atoms with Crippen LogP contribution in [0.5, 0.6) is 0 Å². The van der Waals surface area contributed by atoms with E-state index in [-0.39, 0.29) is 5.78 Å². The fourth-order valence-electron chi connectivity index (χ4n) is 4.10. The zero-order valence-corrected chi connectivity index (χ0v) is 17.9. The molecule has 0 aliphatic heterocycles. The molecule has 2 aromatic carbocycles. The molecule has 0 spiro atoms. The summed E-state index contributed by atoms with van der Waals surface area (Å²) in [5.74, 6) is -0.0168. The summed E-state index contributed by atoms with van der Waals surface area (Å²) in [7, 11) is 0. The van der Waals surface area contributed by atoms with Crippen molar-refractivity contribution in [3.63, 3.8) is 0 Å². The van der Waals surface area contributed by atoms with Crippen LogP contribution < -0.4 is 0 Å². The highest BCUT2D eigenvalue weighted by molar-refractivity contribution is 6.33. The minimum Gasteiger partial charge on any atom is -0.389 e. The van der Waals surface area contributed by atoms with Crippen LogP contribution in [0.25, 0.3) is 21.8 Å². The van der Waals surface area contributed by atoms with E-state index in [0.29, 0.717) is 34.4 Å². The number of aliphatic hydroxyl groups is 1. The summed E-state index contributed by atoms with van der Waals surface area (Å²) in [6.07, 6.45) is -0.696. The predicted octanol–water partition coefficient (Wildman–Crippen LogP) is 5.18. The van der Waals surface area contributed by atoms with Gasteiger partial charge in [-0.2, -0.15) is 5.10 Å². The van der Waals surface area contributed by atoms with Crippen LogP contribution >= 0.6 is 23.2 Å². The van der Waals surface area contributed by atoms with Gasteiger partial charge in [0.2, 0.25) is 0 Å². The highest BCUT2D eigenvalue weighted by atomic mass is 35.5. The van der Waals surface area contributed by atoms with Gasteiger partial charge in [-0.25, -0.2) is 0 Å². The van der Waals surface area contributed by atoms with Crippen LogP contribution in [0, 0.1) is 13.8 Å². The Hall–Kier alpha value is -2.34. The lowest BCUT2D eigenvalue weighted by atomic mass is 10.1. The second kappa shape index (κ2) is 7.48. The van der Waals surface area contributed by atoms with Crippen molar-refractivity contribution in [2.45, 2.75) is 40.0 Å². The van der Waals surface area contributed by atoms with E-state index in [9.17, 15) is 9.90 Å². The van der Waals surface area contributed by atoms with Gasteiger partial charge in [0.25, 0.3) is 0 Å². The largest absolute Gasteiger partial charge is 0.389 e. The fourth-order valence-corrected chi connectivity index (χ4v) is 4.44. The molecular weight excluding hydrogens is 409 g/mol. The van der Waals surface area contributed by atoms with Crippen LogP contribution in [-0.4, -0.2) is 31.3 Å². The van der Waals surface area contributed by atoms with Crippen molar-refractivity contribution in [2.75, 3.05) is 0 Å². The van der Waals surface area contributed by atoms with E-state index < -0.39 is 6.10 Å². The number of carbonyl (C=O) groups excluding carboxylic acids is 1. The number of rotatable bonds is 5. The van der Waals surface area contributed by atoms with Crippen molar-refractivity contribution < 1.29 is 9.90 Å². The number of hydrogen-bond donors (Lipinski definition) is 1. The summed E-state index contributed by atoms with van der Waals surface area (Å²) in [4.78, 5) is 11.8. The smallest absolute Gasteiger partial charge is 0.163 e. The first-order valence-corrected chi connectivity index (χ1v) is 10.1. The molecule has 0 unspecified atom stereocenters. The lowest BCUT2D eigenvalue weighted by Crippen LogP contribution is -2.23. The quantitative estimate of drug-likeness (QED) is 0.444. The molecular formula is C22H21Cl2N3O2. The van der Waals surface area contributed by atoms with E-state index in [4.69, 9.17) is 23.2 Å². The Bertz CT molecular complexity index is 1200. The summed E-state index contributed by atoms with van der Waals surface area (Å²) < 4.78 is 3.78. The number of carbonyl (C=O) groups is 1. The highest BCUT2D eigenvalue weighted by Crippen LogP contribution is 2.33. The van der Waals surface area contributed by atoms with Gasteiger partial charge in [-0.1, -0.05) is 23.2 Å². The maximum absolute atomic E-state index is 11.8. The lowest BCUT2D eigenvalue weighted by Gasteiger charge is -2.15. The number of aryl methyl sites for hydroxylation is 1. The molecule has 0 fully saturated rings. The molecule has 150 valence electrons. The molecule has 29 heavy (non-hydrogen) atoms. The van der Waals surface area contributed by atoms with Crippen molar-refractivity contribution in [1.82, 2.24) is 14.3 Å². The molecule has 0 saturated heterocycles. The number of Topliss-reactive ketones (excluding diaryl/α,β-unsaturated/α-hetero) is 1. The maximum Gasteiger partial charge on any atom is 0.163 e. The Morgan fingerprint density at radius 1 is 1.03 bits per heavy atom. The minimum atomic E-state index is -0.696. The van der Waals surface area contributed by atoms with Gasteiger partial charge >= 0.3 is 0 Å². The molecule has 0 bridgehead atoms. The molecule has 7 heteroatoms. The van der Waals surface area contributed by atoms with E-state index in [1.54, 1.807) is 4.68 Å². The molecule has 0 saturated carbocycles. The van der Waals surface area contributed by atoms with E-state index in [2.05, 4.69) is 9.67 Å². The molecule has 1 atom stereocenters. The van der Waals surface area contributed by atoms with Crippen molar-refractivity contribution in [3.8, 4) is 0 Å². The first-order chi connectivity index (χ1) is 13.8. The van der Waals surface area contributed by atoms with E-state index >= 15 is 0 Å². The number of aliphatic hydroxyl groups excluding tert-OH is 1. The minimum absolute atomic E-state index is 0.0168. The summed E-state index contributed by atoms with van der Waals surface area (Å²) >= 11 is 12.4. The zero-order chi connectivity index (χ0) is 20.9. The highest BCUT2D eigenvalue weighted by Gasteiger charge is 2.19. The monoisotopic (exact) mass is 429 g/mol. The number of nitrogens with zero attached hydrogens (tertiary/aromatic N) is 3. The third kappa shape index (κ3) is 3.54. The van der Waals surface area contributed by atoms with Gasteiger partial charge in [-0.05, 0) is 57.2 Å². The number of hydrogen-bond acceptors (Lipinski definition) is 3. The van der Waals surface area contributed by atoms with Crippen LogP contribution in [0.1, 0.15) is 28.7 Å². The first kappa shape index (κ1) is 20.0. The Labute approximate surface area is 178 Å². The number of halogens is 2. The van der Waals surface area contributed by atoms with Gasteiger partial charge in [0, 0.05) is 37.5 Å². The topological polar surface area (TPSA) is 60.1 Å². The first-order valence-electron chi connectivity index (χ1n) is 9.36. The Morgan fingerprint density at radius 3 is 2.07 bits per heavy atom. The summed E-state index contributed by atoms with van der Waals surface area (Å²) in [6.45, 7) is 5.87. The Morgan fingerprint density at radius 2 is 1.59 bits per heavy atom. The van der Waals surface area contributed by atoms with Crippen LogP contribution in [0.4, 0.5) is 0 Å². The molecule has 0 radical (unpaired) electrons. The van der Waals surface area contributed by atoms with Gasteiger partial charge in [-0.3, -0.25) is 9.48 Å². The summed E-state index contributed by atoms with van der Waals surface area (Å²) in [5, 5.41) is 18.6. The molecule has 4 aromatic rings.